The van der Waals surface area contributed by atoms with E-state index in [-0.39, 0.29) is 203 Å². The zero-order chi connectivity index (χ0) is 21.2. The van der Waals surface area contributed by atoms with Gasteiger partial charge in [-0.25, -0.2) is 0 Å². The van der Waals surface area contributed by atoms with Crippen molar-refractivity contribution >= 4 is 60.8 Å². The molecule has 0 unspecified atom stereocenters. The number of hydrogen-bond donors (Lipinski definition) is 5. The van der Waals surface area contributed by atoms with Crippen LogP contribution in [-0.4, -0.2) is 214 Å². The van der Waals surface area contributed by atoms with E-state index >= 15 is 0 Å². The predicted molar refractivity (Wildman–Crippen MR) is 116 cm³/mol. The Bertz CT molecular complexity index is 414. The Kier molecular flexibility index (Phi) is 211. The molecule has 0 saturated carbocycles. The largest absolute Gasteiger partial charge is 1.00 e. The van der Waals surface area contributed by atoms with Gasteiger partial charge in [0, 0.05) is 79.1 Å². The molecule has 26 nitrogen and oxygen atoms in total. The molecule has 43 heavy (non-hydrogen) atoms. The van der Waals surface area contributed by atoms with Crippen molar-refractivity contribution in [1.29, 1.82) is 0 Å². The molecule has 31 heteroatoms. The van der Waals surface area contributed by atoms with Gasteiger partial charge < -0.3 is 137 Å². The smallest absolute Gasteiger partial charge is 0.853 e. The quantitative estimate of drug-likeness (QED) is 0.127. The summed E-state index contributed by atoms with van der Waals surface area (Å²) < 4.78 is 0. The van der Waals surface area contributed by atoms with Gasteiger partial charge in [0.15, 0.2) is 0 Å². The van der Waals surface area contributed by atoms with E-state index in [4.69, 9.17) is 25.5 Å². The Morgan fingerprint density at radius 2 is 0.698 bits per heavy atom. The van der Waals surface area contributed by atoms with Gasteiger partial charge in [-0.1, -0.05) is 24.4 Å². The van der Waals surface area contributed by atoms with Crippen molar-refractivity contribution in [1.82, 2.24) is 0 Å². The molecule has 0 aromatic rings. The van der Waals surface area contributed by atoms with Gasteiger partial charge in [0.05, 0.1) is 12.7 Å². The molecule has 6 radical (unpaired) electrons. The molecule has 0 heterocycles. The van der Waals surface area contributed by atoms with Crippen molar-refractivity contribution in [3.63, 3.8) is 0 Å². The number of rotatable bonds is 10. The van der Waals surface area contributed by atoms with Crippen LogP contribution in [-0.2, 0) is 9.59 Å². The van der Waals surface area contributed by atoms with Crippen LogP contribution in [0.15, 0.2) is 0 Å². The first kappa shape index (κ1) is 128. The molecule has 0 amide bonds. The van der Waals surface area contributed by atoms with Crippen LogP contribution < -0.4 is 124 Å². The second kappa shape index (κ2) is 70.9. The Balaban J connectivity index is -0.0000000113. The Hall–Kier alpha value is 2.70. The Morgan fingerprint density at radius 1 is 0.512 bits per heavy atom. The summed E-state index contributed by atoms with van der Waals surface area (Å²) in [5.74, 6) is -4.27. The Labute approximate surface area is 344 Å². The monoisotopic (exact) mass is 912 g/mol. The van der Waals surface area contributed by atoms with E-state index < -0.39 is 74.0 Å². The molecule has 0 aromatic heterocycles. The van der Waals surface area contributed by atoms with E-state index in [0.717, 1.165) is 0 Å². The van der Waals surface area contributed by atoms with Gasteiger partial charge in [-0.3, -0.25) is 0 Å². The van der Waals surface area contributed by atoms with Crippen molar-refractivity contribution in [3.05, 3.63) is 0 Å². The predicted octanol–water partition coefficient (Wildman–Crippen LogP) is -32.5. The molecular weight excluding hydrogens is 873 g/mol. The number of carboxylic acids is 2. The maximum Gasteiger partial charge on any atom is 1.00 e. The zero-order valence-electron chi connectivity index (χ0n) is 22.8. The van der Waals surface area contributed by atoms with Crippen molar-refractivity contribution in [2.75, 3.05) is 13.2 Å². The average Bonchev–Trinajstić information content (AvgIpc) is 2.62. The normalized spacial score (nSPS) is 12.3. The van der Waals surface area contributed by atoms with Gasteiger partial charge in [-0.15, -0.1) is 6.61 Å². The Morgan fingerprint density at radius 3 is 0.837 bits per heavy atom. The molecule has 0 saturated heterocycles. The van der Waals surface area contributed by atoms with Crippen LogP contribution in [0.2, 0.25) is 0 Å². The van der Waals surface area contributed by atoms with Gasteiger partial charge in [-0.2, -0.15) is 0 Å². The number of aliphatic hydroxyl groups excluding tert-OH is 5. The summed E-state index contributed by atoms with van der Waals surface area (Å²) in [5, 5.41) is 115. The summed E-state index contributed by atoms with van der Waals surface area (Å²) in [5.41, 5.74) is 0. The summed E-state index contributed by atoms with van der Waals surface area (Å²) in [6.45, 7) is -2.16. The van der Waals surface area contributed by atoms with Crippen molar-refractivity contribution in [3.8, 4) is 0 Å². The molecule has 0 fully saturated rings. The summed E-state index contributed by atoms with van der Waals surface area (Å²) in [6, 6.07) is 0. The number of hydrogen-bond acceptors (Lipinski definition) is 14. The molecular formula is C12H41Na3O26Sb2-4. The minimum absolute atomic E-state index is 0. The van der Waals surface area contributed by atoms with E-state index in [9.17, 15) is 45.3 Å². The van der Waals surface area contributed by atoms with E-state index in [2.05, 4.69) is 0 Å². The molecule has 0 bridgehead atoms. The molecule has 8 atom stereocenters. The molecule has 0 aliphatic heterocycles. The SMILES string of the molecule is O.O.O.O.O.O.O.O.O.O.O.O.O=C([O-])[C@H]([O-])[C@@H](O)[C@H]([O-])[C@H](O)CO.O=C([O-])[C@H]([O-])[C@@H](O)[C@H]([O-])[C@H](O)C[O-].[Na+].[Na+].[Na+].[Sb].[Sb]. The second-order valence-electron chi connectivity index (χ2n) is 4.87. The first-order valence-corrected chi connectivity index (χ1v) is 6.79. The van der Waals surface area contributed by atoms with E-state index in [1.54, 1.807) is 0 Å². The van der Waals surface area contributed by atoms with Crippen LogP contribution in [0.25, 0.3) is 0 Å². The van der Waals surface area contributed by atoms with Gasteiger partial charge in [0.2, 0.25) is 0 Å². The van der Waals surface area contributed by atoms with Gasteiger partial charge in [0.1, 0.15) is 0 Å². The molecule has 0 spiro atoms. The first-order chi connectivity index (χ1) is 11.8. The molecule has 0 aliphatic rings. The summed E-state index contributed by atoms with van der Waals surface area (Å²) >= 11 is 0. The third-order valence-electron chi connectivity index (χ3n) is 2.87. The third-order valence-corrected chi connectivity index (χ3v) is 2.87. The standard InChI is InChI=1S/C6H10O7.C6H9O7.3Na.12H2O.2Sb/c2*7-1-2(8)3(9)4(10)5(11)6(12)13;;;;;;;;;;;;;;;;;/h2-5,7-8,10H,1H2,(H,12,13);2-5,8,10H,1H2,(H,12,13);;;;12*1H2;;/q-2;-3;3*+1;;;;;;;;;;;;;;/p-2/t2*2-,3-,4+,5-;;;;;;;;;;;;;;;;;/m11................./s1. The van der Waals surface area contributed by atoms with E-state index in [1.807, 2.05) is 0 Å². The van der Waals surface area contributed by atoms with Crippen LogP contribution in [0, 0.1) is 0 Å². The summed E-state index contributed by atoms with van der Waals surface area (Å²) in [6.07, 6.45) is -18.4. The van der Waals surface area contributed by atoms with Crippen LogP contribution in [0.5, 0.6) is 0 Å². The van der Waals surface area contributed by atoms with E-state index in [0.29, 0.717) is 0 Å². The van der Waals surface area contributed by atoms with Crippen LogP contribution >= 0.6 is 0 Å². The van der Waals surface area contributed by atoms with Crippen molar-refractivity contribution < 1.29 is 225 Å². The minimum Gasteiger partial charge on any atom is -0.853 e. The summed E-state index contributed by atoms with van der Waals surface area (Å²) in [4.78, 5) is 19.8. The maximum atomic E-state index is 10.8. The number of carboxylic acid groups (broad SMARTS) is 2. The zero-order valence-corrected chi connectivity index (χ0v) is 33.9. The fourth-order valence-corrected chi connectivity index (χ4v) is 1.28. The van der Waals surface area contributed by atoms with Crippen LogP contribution in [0.3, 0.4) is 0 Å². The first-order valence-electron chi connectivity index (χ1n) is 6.79. The topological polar surface area (TPSA) is 675 Å². The van der Waals surface area contributed by atoms with E-state index in [1.165, 1.54) is 0 Å². The van der Waals surface area contributed by atoms with Crippen LogP contribution in [0.1, 0.15) is 0 Å². The molecule has 262 valence electrons. The number of carbonyl (C=O) groups excluding carboxylic acids is 2. The van der Waals surface area contributed by atoms with Crippen molar-refractivity contribution in [2.45, 2.75) is 48.8 Å². The minimum atomic E-state index is -2.65. The van der Waals surface area contributed by atoms with Gasteiger partial charge in [0.25, 0.3) is 0 Å². The fourth-order valence-electron chi connectivity index (χ4n) is 1.28. The van der Waals surface area contributed by atoms with Gasteiger partial charge in [-0.05, 0) is 0 Å². The molecule has 0 aromatic carbocycles. The number of aliphatic carboxylic acids is 2. The molecule has 0 aliphatic carbocycles. The fraction of sp³-hybridized carbons (Fsp3) is 0.833. The van der Waals surface area contributed by atoms with Crippen LogP contribution in [0.4, 0.5) is 0 Å². The van der Waals surface area contributed by atoms with Gasteiger partial charge >= 0.3 is 88.7 Å². The van der Waals surface area contributed by atoms with Crippen molar-refractivity contribution in [2.24, 2.45) is 0 Å². The number of carbonyl (C=O) groups is 2. The average molecular weight is 914 g/mol. The molecule has 0 rings (SSSR count). The number of aliphatic hydroxyl groups is 5. The summed E-state index contributed by atoms with van der Waals surface area (Å²) in [7, 11) is 0. The maximum absolute atomic E-state index is 10.8. The second-order valence-corrected chi connectivity index (χ2v) is 4.87. The molecule has 29 N–H and O–H groups in total. The third kappa shape index (κ3) is 54.4.